The van der Waals surface area contributed by atoms with Crippen molar-refractivity contribution in [2.24, 2.45) is 0 Å². The minimum Gasteiger partial charge on any atom is -0.0654 e. The summed E-state index contributed by atoms with van der Waals surface area (Å²) >= 11 is 0. The SMILES string of the molecule is CCCCC[P+](CC)(c1ccccc1)c1ccccc1. The van der Waals surface area contributed by atoms with Crippen LogP contribution in [-0.2, 0) is 0 Å². The fourth-order valence-electron chi connectivity index (χ4n) is 2.99. The molecule has 0 amide bonds. The molecule has 0 N–H and O–H groups in total. The van der Waals surface area contributed by atoms with E-state index in [1.54, 1.807) is 10.6 Å². The van der Waals surface area contributed by atoms with E-state index in [0.29, 0.717) is 0 Å². The third-order valence-corrected chi connectivity index (χ3v) is 8.92. The molecule has 20 heavy (non-hydrogen) atoms. The van der Waals surface area contributed by atoms with E-state index < -0.39 is 7.26 Å². The lowest BCUT2D eigenvalue weighted by molar-refractivity contribution is 0.775. The van der Waals surface area contributed by atoms with E-state index in [1.165, 1.54) is 31.6 Å². The highest BCUT2D eigenvalue weighted by molar-refractivity contribution is 7.89. The molecule has 0 saturated heterocycles. The molecule has 2 rings (SSSR count). The molecule has 0 aromatic heterocycles. The van der Waals surface area contributed by atoms with Gasteiger partial charge in [-0.25, -0.2) is 0 Å². The van der Waals surface area contributed by atoms with E-state index in [4.69, 9.17) is 0 Å². The second-order valence-corrected chi connectivity index (χ2v) is 9.43. The maximum Gasteiger partial charge on any atom is 0.0991 e. The summed E-state index contributed by atoms with van der Waals surface area (Å²) in [5, 5.41) is 3.15. The molecule has 0 atom stereocenters. The van der Waals surface area contributed by atoms with Gasteiger partial charge in [-0.3, -0.25) is 0 Å². The standard InChI is InChI=1S/C19H26P/c1-3-5-12-17-20(4-2,18-13-8-6-9-14-18)19-15-10-7-11-16-19/h6-11,13-16H,3-5,12,17H2,1-2H3/q+1. The number of hydrogen-bond acceptors (Lipinski definition) is 0. The highest BCUT2D eigenvalue weighted by atomic mass is 31.2. The van der Waals surface area contributed by atoms with Gasteiger partial charge in [0.05, 0.1) is 30.2 Å². The second kappa shape index (κ2) is 7.60. The Hall–Kier alpha value is -1.13. The van der Waals surface area contributed by atoms with E-state index in [2.05, 4.69) is 74.5 Å². The van der Waals surface area contributed by atoms with Crippen LogP contribution in [0, 0.1) is 0 Å². The van der Waals surface area contributed by atoms with Crippen molar-refractivity contribution in [3.05, 3.63) is 60.7 Å². The summed E-state index contributed by atoms with van der Waals surface area (Å²) in [5.74, 6) is 0. The van der Waals surface area contributed by atoms with Crippen LogP contribution in [-0.4, -0.2) is 12.3 Å². The third-order valence-electron chi connectivity index (χ3n) is 4.18. The Labute approximate surface area is 124 Å². The second-order valence-electron chi connectivity index (χ2n) is 5.39. The summed E-state index contributed by atoms with van der Waals surface area (Å²) in [5.41, 5.74) is 0. The molecule has 2 aromatic rings. The Morgan fingerprint density at radius 1 is 0.700 bits per heavy atom. The van der Waals surface area contributed by atoms with Gasteiger partial charge in [0.2, 0.25) is 0 Å². The Morgan fingerprint density at radius 3 is 1.60 bits per heavy atom. The fraction of sp³-hybridized carbons (Fsp3) is 0.368. The predicted molar refractivity (Wildman–Crippen MR) is 94.0 cm³/mol. The van der Waals surface area contributed by atoms with Crippen LogP contribution >= 0.6 is 7.26 Å². The van der Waals surface area contributed by atoms with Crippen LogP contribution in [0.2, 0.25) is 0 Å². The number of unbranched alkanes of at least 4 members (excludes halogenated alkanes) is 2. The van der Waals surface area contributed by atoms with Crippen molar-refractivity contribution in [3.8, 4) is 0 Å². The molecule has 0 nitrogen and oxygen atoms in total. The first-order valence-electron chi connectivity index (χ1n) is 7.82. The molecule has 0 bridgehead atoms. The molecule has 0 aliphatic heterocycles. The molecule has 0 fully saturated rings. The fourth-order valence-corrected chi connectivity index (χ4v) is 7.10. The highest BCUT2D eigenvalue weighted by Crippen LogP contribution is 2.56. The van der Waals surface area contributed by atoms with Crippen molar-refractivity contribution < 1.29 is 0 Å². The van der Waals surface area contributed by atoms with Gasteiger partial charge >= 0.3 is 0 Å². The smallest absolute Gasteiger partial charge is 0.0654 e. The van der Waals surface area contributed by atoms with Crippen LogP contribution in [0.4, 0.5) is 0 Å². The summed E-state index contributed by atoms with van der Waals surface area (Å²) in [6.07, 6.45) is 6.62. The predicted octanol–water partition coefficient (Wildman–Crippen LogP) is 4.87. The zero-order valence-electron chi connectivity index (χ0n) is 12.8. The summed E-state index contributed by atoms with van der Waals surface area (Å²) in [6, 6.07) is 22.4. The van der Waals surface area contributed by atoms with Gasteiger partial charge in [0.1, 0.15) is 0 Å². The van der Waals surface area contributed by atoms with Crippen LogP contribution in [0.3, 0.4) is 0 Å². The largest absolute Gasteiger partial charge is 0.0991 e. The monoisotopic (exact) mass is 285 g/mol. The van der Waals surface area contributed by atoms with Gasteiger partial charge in [-0.2, -0.15) is 0 Å². The molecule has 2 aromatic carbocycles. The van der Waals surface area contributed by atoms with Crippen molar-refractivity contribution in [2.75, 3.05) is 12.3 Å². The van der Waals surface area contributed by atoms with Gasteiger partial charge in [-0.1, -0.05) is 56.2 Å². The van der Waals surface area contributed by atoms with E-state index in [9.17, 15) is 0 Å². The molecule has 0 unspecified atom stereocenters. The van der Waals surface area contributed by atoms with Crippen molar-refractivity contribution in [3.63, 3.8) is 0 Å². The van der Waals surface area contributed by atoms with Crippen LogP contribution < -0.4 is 10.6 Å². The van der Waals surface area contributed by atoms with Gasteiger partial charge in [-0.15, -0.1) is 0 Å². The molecule has 1 heteroatoms. The van der Waals surface area contributed by atoms with Crippen LogP contribution in [0.1, 0.15) is 33.1 Å². The normalized spacial score (nSPS) is 11.5. The zero-order chi connectivity index (χ0) is 14.3. The molecule has 0 spiro atoms. The van der Waals surface area contributed by atoms with Crippen LogP contribution in [0.15, 0.2) is 60.7 Å². The van der Waals surface area contributed by atoms with E-state index in [1.807, 2.05) is 0 Å². The first-order valence-corrected chi connectivity index (χ1v) is 9.97. The van der Waals surface area contributed by atoms with Gasteiger partial charge in [-0.05, 0) is 37.6 Å². The highest BCUT2D eigenvalue weighted by Gasteiger charge is 2.39. The van der Waals surface area contributed by atoms with Crippen molar-refractivity contribution in [1.82, 2.24) is 0 Å². The number of benzene rings is 2. The molecular formula is C19H26P+. The lowest BCUT2D eigenvalue weighted by Gasteiger charge is -2.26. The van der Waals surface area contributed by atoms with E-state index >= 15 is 0 Å². The molecule has 0 aliphatic carbocycles. The molecule has 0 saturated carbocycles. The van der Waals surface area contributed by atoms with E-state index in [-0.39, 0.29) is 0 Å². The Morgan fingerprint density at radius 2 is 1.20 bits per heavy atom. The minimum absolute atomic E-state index is 1.21. The molecule has 0 aliphatic rings. The average Bonchev–Trinajstić information content (AvgIpc) is 2.54. The molecule has 0 radical (unpaired) electrons. The average molecular weight is 285 g/mol. The first kappa shape index (κ1) is 15.3. The summed E-state index contributed by atoms with van der Waals surface area (Å²) < 4.78 is 0. The maximum atomic E-state index is 2.37. The topological polar surface area (TPSA) is 0 Å². The van der Waals surface area contributed by atoms with Gasteiger partial charge in [0.15, 0.2) is 0 Å². The quantitative estimate of drug-likeness (QED) is 0.503. The van der Waals surface area contributed by atoms with E-state index in [0.717, 1.165) is 0 Å². The van der Waals surface area contributed by atoms with Crippen molar-refractivity contribution in [1.29, 1.82) is 0 Å². The molecular weight excluding hydrogens is 259 g/mol. The van der Waals surface area contributed by atoms with Gasteiger partial charge in [0, 0.05) is 0 Å². The molecule has 0 heterocycles. The summed E-state index contributed by atoms with van der Waals surface area (Å²) in [7, 11) is -1.21. The van der Waals surface area contributed by atoms with Crippen molar-refractivity contribution in [2.45, 2.75) is 33.1 Å². The van der Waals surface area contributed by atoms with Crippen LogP contribution in [0.5, 0.6) is 0 Å². The van der Waals surface area contributed by atoms with Gasteiger partial charge in [0.25, 0.3) is 0 Å². The third kappa shape index (κ3) is 3.30. The maximum absolute atomic E-state index is 2.37. The number of rotatable bonds is 7. The Bertz CT molecular complexity index is 450. The minimum atomic E-state index is -1.21. The van der Waals surface area contributed by atoms with Crippen LogP contribution in [0.25, 0.3) is 0 Å². The van der Waals surface area contributed by atoms with Crippen molar-refractivity contribution >= 4 is 17.9 Å². The Balaban J connectivity index is 2.41. The summed E-state index contributed by atoms with van der Waals surface area (Å²) in [4.78, 5) is 0. The lowest BCUT2D eigenvalue weighted by atomic mass is 10.3. The number of hydrogen-bond donors (Lipinski definition) is 0. The first-order chi connectivity index (χ1) is 9.83. The molecule has 106 valence electrons. The summed E-state index contributed by atoms with van der Waals surface area (Å²) in [6.45, 7) is 4.66. The van der Waals surface area contributed by atoms with Gasteiger partial charge < -0.3 is 0 Å². The zero-order valence-corrected chi connectivity index (χ0v) is 13.7. The lowest BCUT2D eigenvalue weighted by Crippen LogP contribution is -2.26. The Kier molecular flexibility index (Phi) is 5.80.